The van der Waals surface area contributed by atoms with E-state index in [9.17, 15) is 14.9 Å². The quantitative estimate of drug-likeness (QED) is 0.598. The number of likely N-dealkylation sites (N-methyl/N-ethyl adjacent to an activating group) is 1. The number of hydrogen-bond donors (Lipinski definition) is 1. The number of methoxy groups -OCH3 is 1. The number of amides is 1. The average Bonchev–Trinajstić information content (AvgIpc) is 2.44. The fraction of sp³-hybridized carbons (Fsp3) is 0.588. The molecule has 1 aromatic rings. The molecule has 0 saturated carbocycles. The van der Waals surface area contributed by atoms with Gasteiger partial charge in [-0.3, -0.25) is 15.0 Å². The molecule has 0 bridgehead atoms. The van der Waals surface area contributed by atoms with Crippen molar-refractivity contribution >= 4 is 11.8 Å². The van der Waals surface area contributed by atoms with Crippen molar-refractivity contribution in [1.29, 1.82) is 0 Å². The number of rotatable bonds is 7. The fourth-order valence-electron chi connectivity index (χ4n) is 2.35. The lowest BCUT2D eigenvalue weighted by atomic mass is 10.1. The molecule has 140 valence electrons. The van der Waals surface area contributed by atoms with Gasteiger partial charge in [0.25, 0.3) is 0 Å². The molecule has 0 spiro atoms. The van der Waals surface area contributed by atoms with Gasteiger partial charge in [0.1, 0.15) is 6.10 Å². The molecule has 0 radical (unpaired) electrons. The zero-order chi connectivity index (χ0) is 19.2. The van der Waals surface area contributed by atoms with E-state index in [-0.39, 0.29) is 23.1 Å². The Morgan fingerprint density at radius 1 is 1.40 bits per heavy atom. The Kier molecular flexibility index (Phi) is 7.17. The summed E-state index contributed by atoms with van der Waals surface area (Å²) in [6.45, 7) is 8.41. The van der Waals surface area contributed by atoms with Crippen molar-refractivity contribution in [2.24, 2.45) is 0 Å². The summed E-state index contributed by atoms with van der Waals surface area (Å²) in [6.07, 6.45) is -0.783. The molecule has 0 aliphatic carbocycles. The molecule has 25 heavy (non-hydrogen) atoms. The monoisotopic (exact) mass is 353 g/mol. The molecule has 8 nitrogen and oxygen atoms in total. The average molecular weight is 353 g/mol. The minimum absolute atomic E-state index is 0.0674. The molecule has 1 N–H and O–H groups in total. The molecule has 1 aromatic carbocycles. The first-order valence-corrected chi connectivity index (χ1v) is 8.00. The number of nitro benzene ring substituents is 1. The minimum Gasteiger partial charge on any atom is -0.490 e. The number of hydrogen-bond acceptors (Lipinski definition) is 6. The maximum Gasteiger partial charge on any atom is 0.407 e. The fourth-order valence-corrected chi connectivity index (χ4v) is 2.35. The SMILES string of the molecule is COc1ccc(CN(C)C[C@@H](C)OC(=O)NC(C)(C)C)cc1[N+](=O)[O-]. The molecule has 1 amide bonds. The van der Waals surface area contributed by atoms with Gasteiger partial charge in [-0.2, -0.15) is 0 Å². The Hall–Kier alpha value is -2.35. The topological polar surface area (TPSA) is 93.9 Å². The van der Waals surface area contributed by atoms with Gasteiger partial charge in [-0.1, -0.05) is 6.07 Å². The van der Waals surface area contributed by atoms with Crippen LogP contribution in [0.4, 0.5) is 10.5 Å². The van der Waals surface area contributed by atoms with Crippen LogP contribution in [-0.4, -0.2) is 48.3 Å². The first kappa shape index (κ1) is 20.7. The molecule has 0 aliphatic rings. The molecule has 0 aromatic heterocycles. The van der Waals surface area contributed by atoms with Gasteiger partial charge in [-0.05, 0) is 46.4 Å². The van der Waals surface area contributed by atoms with E-state index in [2.05, 4.69) is 5.32 Å². The van der Waals surface area contributed by atoms with Crippen LogP contribution in [0.3, 0.4) is 0 Å². The lowest BCUT2D eigenvalue weighted by Crippen LogP contribution is -2.43. The first-order valence-electron chi connectivity index (χ1n) is 8.00. The molecule has 0 aliphatic heterocycles. The van der Waals surface area contributed by atoms with Gasteiger partial charge < -0.3 is 14.8 Å². The van der Waals surface area contributed by atoms with Crippen LogP contribution < -0.4 is 10.1 Å². The van der Waals surface area contributed by atoms with Crippen LogP contribution >= 0.6 is 0 Å². The van der Waals surface area contributed by atoms with E-state index >= 15 is 0 Å². The number of alkyl carbamates (subject to hydrolysis) is 1. The third-order valence-electron chi connectivity index (χ3n) is 3.25. The van der Waals surface area contributed by atoms with Gasteiger partial charge in [0, 0.05) is 24.7 Å². The van der Waals surface area contributed by atoms with Crippen LogP contribution in [0.15, 0.2) is 18.2 Å². The summed E-state index contributed by atoms with van der Waals surface area (Å²) in [4.78, 5) is 24.3. The predicted octanol–water partition coefficient (Wildman–Crippen LogP) is 2.95. The van der Waals surface area contributed by atoms with E-state index in [0.717, 1.165) is 5.56 Å². The number of carbonyl (C=O) groups is 1. The number of nitro groups is 1. The Bertz CT molecular complexity index is 613. The van der Waals surface area contributed by atoms with Gasteiger partial charge in [0.2, 0.25) is 0 Å². The third-order valence-corrected chi connectivity index (χ3v) is 3.25. The van der Waals surface area contributed by atoms with Crippen LogP contribution in [0.5, 0.6) is 5.75 Å². The van der Waals surface area contributed by atoms with Crippen LogP contribution in [-0.2, 0) is 11.3 Å². The van der Waals surface area contributed by atoms with E-state index in [4.69, 9.17) is 9.47 Å². The van der Waals surface area contributed by atoms with E-state index in [1.807, 2.05) is 32.7 Å². The van der Waals surface area contributed by atoms with Gasteiger partial charge in [-0.25, -0.2) is 4.79 Å². The smallest absolute Gasteiger partial charge is 0.407 e. The summed E-state index contributed by atoms with van der Waals surface area (Å²) in [5, 5.41) is 13.8. The van der Waals surface area contributed by atoms with Crippen LogP contribution in [0.2, 0.25) is 0 Å². The first-order chi connectivity index (χ1) is 11.5. The number of carbonyl (C=O) groups excluding carboxylic acids is 1. The lowest BCUT2D eigenvalue weighted by molar-refractivity contribution is -0.385. The van der Waals surface area contributed by atoms with Crippen molar-refractivity contribution in [3.05, 3.63) is 33.9 Å². The predicted molar refractivity (Wildman–Crippen MR) is 94.8 cm³/mol. The van der Waals surface area contributed by atoms with Crippen LogP contribution in [0.25, 0.3) is 0 Å². The highest BCUT2D eigenvalue weighted by Crippen LogP contribution is 2.27. The molecule has 0 fully saturated rings. The van der Waals surface area contributed by atoms with Gasteiger partial charge >= 0.3 is 11.8 Å². The van der Waals surface area contributed by atoms with Crippen molar-refractivity contribution in [2.45, 2.75) is 45.9 Å². The van der Waals surface area contributed by atoms with E-state index in [1.165, 1.54) is 13.2 Å². The van der Waals surface area contributed by atoms with E-state index in [1.54, 1.807) is 19.1 Å². The highest BCUT2D eigenvalue weighted by Gasteiger charge is 2.19. The van der Waals surface area contributed by atoms with Crippen molar-refractivity contribution < 1.29 is 19.2 Å². The zero-order valence-electron chi connectivity index (χ0n) is 15.7. The van der Waals surface area contributed by atoms with Gasteiger partial charge in [0.05, 0.1) is 12.0 Å². The third kappa shape index (κ3) is 7.38. The maximum absolute atomic E-state index is 11.8. The lowest BCUT2D eigenvalue weighted by Gasteiger charge is -2.24. The molecular weight excluding hydrogens is 326 g/mol. The zero-order valence-corrected chi connectivity index (χ0v) is 15.7. The number of nitrogens with one attached hydrogen (secondary N) is 1. The summed E-state index contributed by atoms with van der Waals surface area (Å²) in [7, 11) is 3.26. The Morgan fingerprint density at radius 2 is 2.04 bits per heavy atom. The van der Waals surface area contributed by atoms with Crippen LogP contribution in [0.1, 0.15) is 33.3 Å². The van der Waals surface area contributed by atoms with Crippen molar-refractivity contribution in [2.75, 3.05) is 20.7 Å². The number of nitrogens with zero attached hydrogens (tertiary/aromatic N) is 2. The highest BCUT2D eigenvalue weighted by atomic mass is 16.6. The largest absolute Gasteiger partial charge is 0.490 e. The Morgan fingerprint density at radius 3 is 2.56 bits per heavy atom. The molecule has 0 saturated heterocycles. The van der Waals surface area contributed by atoms with Crippen molar-refractivity contribution in [1.82, 2.24) is 10.2 Å². The summed E-state index contributed by atoms with van der Waals surface area (Å²) in [5.74, 6) is 0.229. The second-order valence-corrected chi connectivity index (χ2v) is 7.05. The standard InChI is InChI=1S/C17H27N3O5/c1-12(25-16(21)18-17(2,3)4)10-19(5)11-13-7-8-15(24-6)14(9-13)20(22)23/h7-9,12H,10-11H2,1-6H3,(H,18,21)/t12-/m1/s1. The molecule has 0 unspecified atom stereocenters. The van der Waals surface area contributed by atoms with E-state index < -0.39 is 11.0 Å². The Labute approximate surface area is 148 Å². The second-order valence-electron chi connectivity index (χ2n) is 7.05. The molecule has 1 atom stereocenters. The molecule has 1 rings (SSSR count). The van der Waals surface area contributed by atoms with Gasteiger partial charge in [-0.15, -0.1) is 0 Å². The maximum atomic E-state index is 11.8. The Balaban J connectivity index is 2.61. The molecular formula is C17H27N3O5. The van der Waals surface area contributed by atoms with Crippen LogP contribution in [0, 0.1) is 10.1 Å². The second kappa shape index (κ2) is 8.66. The molecule has 8 heteroatoms. The number of benzene rings is 1. The van der Waals surface area contributed by atoms with Crippen molar-refractivity contribution in [3.63, 3.8) is 0 Å². The summed E-state index contributed by atoms with van der Waals surface area (Å²) < 4.78 is 10.3. The van der Waals surface area contributed by atoms with E-state index in [0.29, 0.717) is 13.1 Å². The normalized spacial score (nSPS) is 12.6. The minimum atomic E-state index is -0.467. The molecule has 0 heterocycles. The summed E-state index contributed by atoms with van der Waals surface area (Å²) >= 11 is 0. The van der Waals surface area contributed by atoms with Crippen molar-refractivity contribution in [3.8, 4) is 5.75 Å². The highest BCUT2D eigenvalue weighted by molar-refractivity contribution is 5.68. The summed E-state index contributed by atoms with van der Waals surface area (Å²) in [5.41, 5.74) is 0.355. The summed E-state index contributed by atoms with van der Waals surface area (Å²) in [6, 6.07) is 4.85. The van der Waals surface area contributed by atoms with Gasteiger partial charge in [0.15, 0.2) is 5.75 Å². The number of ether oxygens (including phenoxy) is 2.